The molecule has 0 bridgehead atoms. The Morgan fingerprint density at radius 3 is 3.00 bits per heavy atom. The summed E-state index contributed by atoms with van der Waals surface area (Å²) in [7, 11) is 0. The van der Waals surface area contributed by atoms with Crippen molar-refractivity contribution in [3.63, 3.8) is 0 Å². The van der Waals surface area contributed by atoms with Gasteiger partial charge in [-0.25, -0.2) is 4.98 Å². The summed E-state index contributed by atoms with van der Waals surface area (Å²) in [6.07, 6.45) is 0. The Hall–Kier alpha value is -1.68. The van der Waals surface area contributed by atoms with Crippen molar-refractivity contribution in [1.82, 2.24) is 4.98 Å². The van der Waals surface area contributed by atoms with Gasteiger partial charge in [-0.15, -0.1) is 0 Å². The molecule has 1 aromatic carbocycles. The van der Waals surface area contributed by atoms with Crippen LogP contribution in [0.4, 0.5) is 5.82 Å². The minimum atomic E-state index is 0.577. The molecule has 0 radical (unpaired) electrons. The Bertz CT molecular complexity index is 657. The Kier molecular flexibility index (Phi) is 1.67. The van der Waals surface area contributed by atoms with Crippen LogP contribution in [-0.4, -0.2) is 4.98 Å². The minimum Gasteiger partial charge on any atom is -0.378 e. The summed E-state index contributed by atoms with van der Waals surface area (Å²) < 4.78 is 1.19. The third kappa shape index (κ3) is 1.18. The third-order valence-corrected chi connectivity index (χ3v) is 3.47. The average molecular weight is 216 g/mol. The van der Waals surface area contributed by atoms with E-state index in [1.54, 1.807) is 11.3 Å². The number of hydrogen-bond donors (Lipinski definition) is 1. The zero-order chi connectivity index (χ0) is 10.4. The first-order valence-corrected chi connectivity index (χ1v) is 5.54. The van der Waals surface area contributed by atoms with Crippen LogP contribution >= 0.6 is 11.3 Å². The molecule has 15 heavy (non-hydrogen) atoms. The molecule has 3 aromatic rings. The number of anilines is 1. The number of nitrogen functional groups attached to an aromatic ring is 1. The maximum atomic E-state index is 5.90. The van der Waals surface area contributed by atoms with E-state index in [2.05, 4.69) is 16.0 Å². The molecule has 2 heterocycles. The molecule has 0 fully saturated rings. The Morgan fingerprint density at radius 1 is 1.33 bits per heavy atom. The average Bonchev–Trinajstić information content (AvgIpc) is 2.61. The van der Waals surface area contributed by atoms with Gasteiger partial charge in [0.15, 0.2) is 5.82 Å². The standard InChI is InChI=1S/C11H9N3S/c1-6-13-9-10(15-6)7-4-2-3-5-8(7)14-11(9)12/h2-5H,1H3,(H2,12,14)/p+1. The smallest absolute Gasteiger partial charge is 0.265 e. The van der Waals surface area contributed by atoms with Gasteiger partial charge in [-0.05, 0) is 6.07 Å². The number of aromatic nitrogens is 2. The monoisotopic (exact) mass is 216 g/mol. The molecule has 0 aliphatic carbocycles. The highest BCUT2D eigenvalue weighted by molar-refractivity contribution is 7.19. The van der Waals surface area contributed by atoms with E-state index in [0.717, 1.165) is 21.4 Å². The summed E-state index contributed by atoms with van der Waals surface area (Å²) in [5.41, 5.74) is 7.81. The van der Waals surface area contributed by atoms with Gasteiger partial charge in [0.05, 0.1) is 5.52 Å². The zero-order valence-electron chi connectivity index (χ0n) is 8.24. The molecule has 74 valence electrons. The number of fused-ring (bicyclic) bond motifs is 3. The molecule has 0 amide bonds. The summed E-state index contributed by atoms with van der Waals surface area (Å²) in [6.45, 7) is 2.04. The molecule has 0 unspecified atom stereocenters. The normalized spacial score (nSPS) is 11.3. The highest BCUT2D eigenvalue weighted by Gasteiger charge is 2.15. The lowest BCUT2D eigenvalue weighted by atomic mass is 10.2. The van der Waals surface area contributed by atoms with E-state index in [1.807, 2.05) is 25.1 Å². The molecule has 0 aliphatic heterocycles. The van der Waals surface area contributed by atoms with E-state index < -0.39 is 0 Å². The first-order valence-electron chi connectivity index (χ1n) is 4.72. The van der Waals surface area contributed by atoms with Gasteiger partial charge in [0, 0.05) is 12.3 Å². The van der Waals surface area contributed by atoms with E-state index >= 15 is 0 Å². The van der Waals surface area contributed by atoms with Crippen molar-refractivity contribution in [1.29, 1.82) is 0 Å². The molecular weight excluding hydrogens is 206 g/mol. The van der Waals surface area contributed by atoms with Gasteiger partial charge in [0.2, 0.25) is 5.01 Å². The lowest BCUT2D eigenvalue weighted by Crippen LogP contribution is -2.05. The second kappa shape index (κ2) is 2.90. The molecule has 4 heteroatoms. The fourth-order valence-electron chi connectivity index (χ4n) is 1.78. The van der Waals surface area contributed by atoms with Gasteiger partial charge in [0.1, 0.15) is 4.70 Å². The quantitative estimate of drug-likeness (QED) is 0.626. The summed E-state index contributed by atoms with van der Waals surface area (Å²) >= 11 is 1.72. The van der Waals surface area contributed by atoms with Crippen LogP contribution in [0.2, 0.25) is 0 Å². The number of para-hydroxylation sites is 1. The Labute approximate surface area is 90.6 Å². The van der Waals surface area contributed by atoms with E-state index in [1.165, 1.54) is 4.70 Å². The molecule has 0 spiro atoms. The van der Waals surface area contributed by atoms with Gasteiger partial charge in [-0.2, -0.15) is 4.98 Å². The van der Waals surface area contributed by atoms with Crippen LogP contribution in [-0.2, 0) is 0 Å². The predicted molar refractivity (Wildman–Crippen MR) is 62.8 cm³/mol. The molecule has 3 rings (SSSR count). The van der Waals surface area contributed by atoms with Crippen LogP contribution in [0.15, 0.2) is 24.3 Å². The zero-order valence-corrected chi connectivity index (χ0v) is 9.06. The SMILES string of the molecule is Cc1[nH+]c2c(N)nc3ccccc3c2s1. The maximum Gasteiger partial charge on any atom is 0.265 e. The summed E-state index contributed by atoms with van der Waals surface area (Å²) in [5, 5.41) is 2.31. The number of rotatable bonds is 0. The minimum absolute atomic E-state index is 0.577. The van der Waals surface area contributed by atoms with Crippen LogP contribution in [0.3, 0.4) is 0 Å². The predicted octanol–water partition coefficient (Wildman–Crippen LogP) is 2.15. The number of H-pyrrole nitrogens is 1. The number of thiazole rings is 1. The lowest BCUT2D eigenvalue weighted by molar-refractivity contribution is -0.347. The fraction of sp³-hybridized carbons (Fsp3) is 0.0909. The molecule has 0 saturated heterocycles. The second-order valence-electron chi connectivity index (χ2n) is 3.50. The highest BCUT2D eigenvalue weighted by Crippen LogP contribution is 2.29. The number of nitrogens with two attached hydrogens (primary N) is 1. The maximum absolute atomic E-state index is 5.90. The van der Waals surface area contributed by atoms with E-state index in [0.29, 0.717) is 5.82 Å². The Morgan fingerprint density at radius 2 is 2.13 bits per heavy atom. The van der Waals surface area contributed by atoms with E-state index in [4.69, 9.17) is 5.73 Å². The van der Waals surface area contributed by atoms with E-state index in [9.17, 15) is 0 Å². The summed E-state index contributed by atoms with van der Waals surface area (Å²) in [5.74, 6) is 0.577. The van der Waals surface area contributed by atoms with Gasteiger partial charge >= 0.3 is 0 Å². The summed E-state index contributed by atoms with van der Waals surface area (Å²) in [4.78, 5) is 7.62. The number of aryl methyl sites for hydroxylation is 1. The molecule has 2 aromatic heterocycles. The lowest BCUT2D eigenvalue weighted by Gasteiger charge is -1.96. The molecule has 3 N–H and O–H groups in total. The number of aromatic amines is 1. The van der Waals surface area contributed by atoms with Crippen molar-refractivity contribution in [3.05, 3.63) is 29.3 Å². The number of pyridine rings is 1. The molecule has 0 atom stereocenters. The van der Waals surface area contributed by atoms with Gasteiger partial charge in [-0.1, -0.05) is 29.5 Å². The van der Waals surface area contributed by atoms with Gasteiger partial charge in [-0.3, -0.25) is 0 Å². The van der Waals surface area contributed by atoms with Crippen LogP contribution in [0.1, 0.15) is 5.01 Å². The number of nitrogens with zero attached hydrogens (tertiary/aromatic N) is 1. The number of nitrogens with one attached hydrogen (secondary N) is 1. The van der Waals surface area contributed by atoms with Crippen molar-refractivity contribution < 1.29 is 4.98 Å². The van der Waals surface area contributed by atoms with Crippen LogP contribution in [0, 0.1) is 6.92 Å². The number of benzene rings is 1. The van der Waals surface area contributed by atoms with Crippen molar-refractivity contribution in [2.45, 2.75) is 6.92 Å². The van der Waals surface area contributed by atoms with Gasteiger partial charge < -0.3 is 5.73 Å². The fourth-order valence-corrected chi connectivity index (χ4v) is 2.78. The van der Waals surface area contributed by atoms with Crippen LogP contribution in [0.5, 0.6) is 0 Å². The van der Waals surface area contributed by atoms with Crippen molar-refractivity contribution in [2.75, 3.05) is 5.73 Å². The van der Waals surface area contributed by atoms with Crippen LogP contribution in [0.25, 0.3) is 21.1 Å². The highest BCUT2D eigenvalue weighted by atomic mass is 32.1. The molecule has 0 aliphatic rings. The second-order valence-corrected chi connectivity index (χ2v) is 4.73. The first-order chi connectivity index (χ1) is 7.25. The number of hydrogen-bond acceptors (Lipinski definition) is 3. The largest absolute Gasteiger partial charge is 0.378 e. The first kappa shape index (κ1) is 8.61. The molecule has 3 nitrogen and oxygen atoms in total. The van der Waals surface area contributed by atoms with Crippen LogP contribution < -0.4 is 10.7 Å². The van der Waals surface area contributed by atoms with Crippen molar-refractivity contribution in [2.24, 2.45) is 0 Å². The van der Waals surface area contributed by atoms with E-state index in [-0.39, 0.29) is 0 Å². The van der Waals surface area contributed by atoms with Crippen molar-refractivity contribution >= 4 is 38.3 Å². The molecule has 0 saturated carbocycles. The topological polar surface area (TPSA) is 53.0 Å². The summed E-state index contributed by atoms with van der Waals surface area (Å²) in [6, 6.07) is 8.06. The third-order valence-electron chi connectivity index (χ3n) is 2.43. The van der Waals surface area contributed by atoms with Gasteiger partial charge in [0.25, 0.3) is 5.52 Å². The van der Waals surface area contributed by atoms with Crippen molar-refractivity contribution in [3.8, 4) is 0 Å². The molecular formula is C11H10N3S+. The Balaban J connectivity index is 2.63.